The molecule has 0 saturated carbocycles. The van der Waals surface area contributed by atoms with E-state index in [1.807, 2.05) is 0 Å². The second kappa shape index (κ2) is 6.15. The molecule has 2 aliphatic heterocycles. The Bertz CT molecular complexity index is 393. The maximum atomic E-state index is 5.56. The van der Waals surface area contributed by atoms with Crippen molar-refractivity contribution in [2.75, 3.05) is 13.2 Å². The highest BCUT2D eigenvalue weighted by molar-refractivity contribution is 5.80. The number of ether oxygens (including phenoxy) is 2. The molecule has 0 aromatic carbocycles. The standard InChI is InChI=1S/2C8H15NO/c1-6(2)7-9-8(3,4)5-10-7;1-6(2)7-9-5-8(3,4)10-7/h2*6H,5H2,1-4H3. The number of hydrogen-bond donors (Lipinski definition) is 0. The fourth-order valence-electron chi connectivity index (χ4n) is 1.83. The van der Waals surface area contributed by atoms with Crippen LogP contribution in [-0.2, 0) is 9.47 Å². The molecule has 0 fully saturated rings. The van der Waals surface area contributed by atoms with Crippen LogP contribution < -0.4 is 0 Å². The molecule has 4 nitrogen and oxygen atoms in total. The summed E-state index contributed by atoms with van der Waals surface area (Å²) in [6.45, 7) is 18.2. The van der Waals surface area contributed by atoms with Gasteiger partial charge in [0.05, 0.1) is 12.1 Å². The van der Waals surface area contributed by atoms with Crippen LogP contribution in [-0.4, -0.2) is 36.1 Å². The molecule has 0 aromatic rings. The Labute approximate surface area is 123 Å². The molecule has 2 rings (SSSR count). The van der Waals surface area contributed by atoms with Gasteiger partial charge in [0.15, 0.2) is 11.8 Å². The van der Waals surface area contributed by atoms with Gasteiger partial charge >= 0.3 is 0 Å². The zero-order chi connectivity index (χ0) is 15.6. The van der Waals surface area contributed by atoms with E-state index >= 15 is 0 Å². The fraction of sp³-hybridized carbons (Fsp3) is 0.875. The number of hydrogen-bond acceptors (Lipinski definition) is 4. The van der Waals surface area contributed by atoms with Gasteiger partial charge in [-0.1, -0.05) is 27.7 Å². The molecule has 4 heteroatoms. The summed E-state index contributed by atoms with van der Waals surface area (Å²) < 4.78 is 10.9. The predicted octanol–water partition coefficient (Wildman–Crippen LogP) is 3.70. The van der Waals surface area contributed by atoms with E-state index in [0.717, 1.165) is 24.9 Å². The molecule has 20 heavy (non-hydrogen) atoms. The molecule has 0 aromatic heterocycles. The van der Waals surface area contributed by atoms with Crippen molar-refractivity contribution < 1.29 is 9.47 Å². The third kappa shape index (κ3) is 5.14. The Morgan fingerprint density at radius 1 is 0.950 bits per heavy atom. The van der Waals surface area contributed by atoms with Crippen molar-refractivity contribution in [2.45, 2.75) is 66.5 Å². The van der Waals surface area contributed by atoms with E-state index in [4.69, 9.17) is 9.47 Å². The lowest BCUT2D eigenvalue weighted by Crippen LogP contribution is -2.25. The van der Waals surface area contributed by atoms with Crippen molar-refractivity contribution in [3.8, 4) is 0 Å². The van der Waals surface area contributed by atoms with Gasteiger partial charge in [0.2, 0.25) is 0 Å². The molecule has 0 atom stereocenters. The largest absolute Gasteiger partial charge is 0.478 e. The lowest BCUT2D eigenvalue weighted by atomic mass is 10.1. The zero-order valence-corrected chi connectivity index (χ0v) is 14.3. The smallest absolute Gasteiger partial charge is 0.186 e. The second-order valence-electron chi connectivity index (χ2n) is 7.38. The van der Waals surface area contributed by atoms with Gasteiger partial charge in [0.1, 0.15) is 12.2 Å². The van der Waals surface area contributed by atoms with Crippen molar-refractivity contribution in [2.24, 2.45) is 21.8 Å². The molecule has 0 saturated heterocycles. The first-order valence-corrected chi connectivity index (χ1v) is 7.48. The summed E-state index contributed by atoms with van der Waals surface area (Å²) in [7, 11) is 0. The second-order valence-corrected chi connectivity index (χ2v) is 7.38. The van der Waals surface area contributed by atoms with Gasteiger partial charge in [-0.25, -0.2) is 4.99 Å². The van der Waals surface area contributed by atoms with Crippen LogP contribution in [0.15, 0.2) is 9.98 Å². The van der Waals surface area contributed by atoms with Gasteiger partial charge in [0, 0.05) is 11.8 Å². The minimum Gasteiger partial charge on any atom is -0.478 e. The third-order valence-corrected chi connectivity index (χ3v) is 2.97. The molecule has 0 bridgehead atoms. The van der Waals surface area contributed by atoms with Gasteiger partial charge in [-0.2, -0.15) is 0 Å². The average molecular weight is 282 g/mol. The van der Waals surface area contributed by atoms with Crippen LogP contribution in [0.25, 0.3) is 0 Å². The third-order valence-electron chi connectivity index (χ3n) is 2.97. The van der Waals surface area contributed by atoms with Gasteiger partial charge in [0.25, 0.3) is 0 Å². The summed E-state index contributed by atoms with van der Waals surface area (Å²) in [5, 5.41) is 0. The minimum atomic E-state index is -0.0559. The Morgan fingerprint density at radius 3 is 1.70 bits per heavy atom. The number of nitrogens with zero attached hydrogens (tertiary/aromatic N) is 2. The van der Waals surface area contributed by atoms with Crippen molar-refractivity contribution in [1.29, 1.82) is 0 Å². The van der Waals surface area contributed by atoms with Crippen LogP contribution in [0.3, 0.4) is 0 Å². The molecule has 0 amide bonds. The molecule has 116 valence electrons. The Balaban J connectivity index is 0.000000200. The normalized spacial score (nSPS) is 22.7. The summed E-state index contributed by atoms with van der Waals surface area (Å²) in [4.78, 5) is 8.70. The SMILES string of the molecule is CC(C)C1=NC(C)(C)CO1.CC(C)C1=NCC(C)(C)O1. The van der Waals surface area contributed by atoms with Crippen molar-refractivity contribution in [3.63, 3.8) is 0 Å². The summed E-state index contributed by atoms with van der Waals surface area (Å²) >= 11 is 0. The van der Waals surface area contributed by atoms with E-state index in [-0.39, 0.29) is 11.1 Å². The van der Waals surface area contributed by atoms with E-state index in [0.29, 0.717) is 11.8 Å². The Morgan fingerprint density at radius 2 is 1.50 bits per heavy atom. The molecule has 0 radical (unpaired) electrons. The first-order valence-electron chi connectivity index (χ1n) is 7.48. The van der Waals surface area contributed by atoms with Crippen LogP contribution in [0.1, 0.15) is 55.4 Å². The summed E-state index contributed by atoms with van der Waals surface area (Å²) in [5.74, 6) is 2.68. The maximum absolute atomic E-state index is 5.56. The molecule has 0 aliphatic carbocycles. The molecular weight excluding hydrogens is 252 g/mol. The van der Waals surface area contributed by atoms with E-state index in [2.05, 4.69) is 65.4 Å². The van der Waals surface area contributed by atoms with E-state index in [1.165, 1.54) is 0 Å². The molecule has 0 N–H and O–H groups in total. The lowest BCUT2D eigenvalue weighted by molar-refractivity contribution is 0.123. The van der Waals surface area contributed by atoms with Gasteiger partial charge < -0.3 is 9.47 Å². The first-order chi connectivity index (χ1) is 9.02. The monoisotopic (exact) mass is 282 g/mol. The molecule has 2 aliphatic rings. The number of aliphatic imine (C=N–C) groups is 2. The summed E-state index contributed by atoms with van der Waals surface area (Å²) in [6, 6.07) is 0. The lowest BCUT2D eigenvalue weighted by Gasteiger charge is -2.18. The van der Waals surface area contributed by atoms with E-state index in [1.54, 1.807) is 0 Å². The van der Waals surface area contributed by atoms with E-state index in [9.17, 15) is 0 Å². The summed E-state index contributed by atoms with van der Waals surface area (Å²) in [6.07, 6.45) is 0. The first kappa shape index (κ1) is 17.0. The average Bonchev–Trinajstić information content (AvgIpc) is 2.82. The molecule has 2 heterocycles. The predicted molar refractivity (Wildman–Crippen MR) is 84.6 cm³/mol. The zero-order valence-electron chi connectivity index (χ0n) is 14.3. The van der Waals surface area contributed by atoms with Crippen LogP contribution in [0.5, 0.6) is 0 Å². The van der Waals surface area contributed by atoms with Crippen molar-refractivity contribution >= 4 is 11.8 Å². The molecular formula is C16H30N2O2. The molecule has 0 unspecified atom stereocenters. The van der Waals surface area contributed by atoms with Crippen molar-refractivity contribution in [1.82, 2.24) is 0 Å². The topological polar surface area (TPSA) is 43.2 Å². The quantitative estimate of drug-likeness (QED) is 0.775. The highest BCUT2D eigenvalue weighted by Crippen LogP contribution is 2.20. The highest BCUT2D eigenvalue weighted by atomic mass is 16.5. The maximum Gasteiger partial charge on any atom is 0.186 e. The minimum absolute atomic E-state index is 0.0135. The van der Waals surface area contributed by atoms with Gasteiger partial charge in [-0.05, 0) is 27.7 Å². The van der Waals surface area contributed by atoms with E-state index < -0.39 is 0 Å². The van der Waals surface area contributed by atoms with Crippen LogP contribution in [0.4, 0.5) is 0 Å². The van der Waals surface area contributed by atoms with Crippen LogP contribution in [0, 0.1) is 11.8 Å². The Kier molecular flexibility index (Phi) is 5.22. The Hall–Kier alpha value is -1.06. The highest BCUT2D eigenvalue weighted by Gasteiger charge is 2.28. The van der Waals surface area contributed by atoms with Crippen molar-refractivity contribution in [3.05, 3.63) is 0 Å². The fourth-order valence-corrected chi connectivity index (χ4v) is 1.83. The van der Waals surface area contributed by atoms with Gasteiger partial charge in [-0.15, -0.1) is 0 Å². The molecule has 0 spiro atoms. The van der Waals surface area contributed by atoms with Crippen LogP contribution in [0.2, 0.25) is 0 Å². The van der Waals surface area contributed by atoms with Crippen LogP contribution >= 0.6 is 0 Å². The number of rotatable bonds is 2. The summed E-state index contributed by atoms with van der Waals surface area (Å²) in [5.41, 5.74) is -0.0425. The van der Waals surface area contributed by atoms with Gasteiger partial charge in [-0.3, -0.25) is 4.99 Å².